The van der Waals surface area contributed by atoms with Gasteiger partial charge in [0.1, 0.15) is 35.2 Å². The van der Waals surface area contributed by atoms with Gasteiger partial charge in [-0.05, 0) is 18.9 Å². The Bertz CT molecular complexity index is 1420. The van der Waals surface area contributed by atoms with Crippen LogP contribution in [-0.4, -0.2) is 50.9 Å². The van der Waals surface area contributed by atoms with E-state index < -0.39 is 24.6 Å². The fraction of sp³-hybridized carbons (Fsp3) is 0.346. The van der Waals surface area contributed by atoms with Crippen LogP contribution in [0.4, 0.5) is 13.2 Å². The van der Waals surface area contributed by atoms with Crippen LogP contribution in [0.1, 0.15) is 53.7 Å². The predicted molar refractivity (Wildman–Crippen MR) is 125 cm³/mol. The lowest BCUT2D eigenvalue weighted by Crippen LogP contribution is -2.23. The first kappa shape index (κ1) is 23.8. The third-order valence-corrected chi connectivity index (χ3v) is 6.75. The third kappa shape index (κ3) is 4.43. The summed E-state index contributed by atoms with van der Waals surface area (Å²) < 4.78 is 59.0. The maximum atomic E-state index is 15.2. The van der Waals surface area contributed by atoms with Gasteiger partial charge in [0, 0.05) is 60.5 Å². The minimum atomic E-state index is -3.03. The highest BCUT2D eigenvalue weighted by molar-refractivity contribution is 5.65. The van der Waals surface area contributed by atoms with Crippen LogP contribution < -0.4 is 4.74 Å². The first-order chi connectivity index (χ1) is 18.0. The molecular formula is C26H23F3N4O4. The molecule has 37 heavy (non-hydrogen) atoms. The molecule has 2 aliphatic rings. The fourth-order valence-corrected chi connectivity index (χ4v) is 4.95. The van der Waals surface area contributed by atoms with Crippen molar-refractivity contribution in [3.05, 3.63) is 77.5 Å². The molecule has 1 aromatic carbocycles. The maximum absolute atomic E-state index is 15.2. The molecule has 2 aliphatic heterocycles. The number of alkyl halides is 2. The van der Waals surface area contributed by atoms with Crippen LogP contribution in [0.25, 0.3) is 16.8 Å². The number of halogens is 3. The van der Waals surface area contributed by atoms with Crippen LogP contribution in [0.3, 0.4) is 0 Å². The van der Waals surface area contributed by atoms with E-state index in [0.717, 1.165) is 12.8 Å². The van der Waals surface area contributed by atoms with Gasteiger partial charge < -0.3 is 19.3 Å². The number of rotatable bonds is 5. The van der Waals surface area contributed by atoms with Crippen molar-refractivity contribution >= 4 is 5.65 Å². The van der Waals surface area contributed by atoms with E-state index in [2.05, 4.69) is 15.0 Å². The van der Waals surface area contributed by atoms with E-state index in [9.17, 15) is 13.9 Å². The number of ether oxygens (including phenoxy) is 3. The van der Waals surface area contributed by atoms with Crippen LogP contribution in [0, 0.1) is 5.82 Å². The normalized spacial score (nSPS) is 20.4. The monoisotopic (exact) mass is 512 g/mol. The zero-order valence-corrected chi connectivity index (χ0v) is 19.6. The second kappa shape index (κ2) is 9.73. The number of hydrogen-bond acceptors (Lipinski definition) is 7. The topological polar surface area (TPSA) is 91.0 Å². The molecule has 0 spiro atoms. The van der Waals surface area contributed by atoms with Gasteiger partial charge in [0.05, 0.1) is 18.0 Å². The van der Waals surface area contributed by atoms with E-state index >= 15 is 4.39 Å². The van der Waals surface area contributed by atoms with Gasteiger partial charge in [-0.3, -0.25) is 4.40 Å². The summed E-state index contributed by atoms with van der Waals surface area (Å²) in [5.41, 5.74) is 1.96. The number of para-hydroxylation sites is 1. The lowest BCUT2D eigenvalue weighted by Gasteiger charge is -2.28. The third-order valence-electron chi connectivity index (χ3n) is 6.75. The molecular weight excluding hydrogens is 489 g/mol. The molecule has 1 N–H and O–H groups in total. The van der Waals surface area contributed by atoms with Crippen molar-refractivity contribution in [2.45, 2.75) is 37.6 Å². The van der Waals surface area contributed by atoms with Crippen LogP contribution in [0.2, 0.25) is 0 Å². The molecule has 3 aromatic heterocycles. The van der Waals surface area contributed by atoms with Gasteiger partial charge >= 0.3 is 6.61 Å². The number of benzene rings is 1. The van der Waals surface area contributed by atoms with E-state index in [1.807, 2.05) is 0 Å². The summed E-state index contributed by atoms with van der Waals surface area (Å²) in [5.74, 6) is 0.302. The lowest BCUT2D eigenvalue weighted by molar-refractivity contribution is -0.0548. The summed E-state index contributed by atoms with van der Waals surface area (Å²) in [7, 11) is 0. The first-order valence-corrected chi connectivity index (χ1v) is 11.9. The van der Waals surface area contributed by atoms with Crippen molar-refractivity contribution in [3.63, 3.8) is 0 Å². The largest absolute Gasteiger partial charge is 0.434 e. The zero-order valence-electron chi connectivity index (χ0n) is 19.6. The van der Waals surface area contributed by atoms with Gasteiger partial charge in [-0.2, -0.15) is 8.78 Å². The predicted octanol–water partition coefficient (Wildman–Crippen LogP) is 4.58. The summed E-state index contributed by atoms with van der Waals surface area (Å²) in [4.78, 5) is 13.4. The summed E-state index contributed by atoms with van der Waals surface area (Å²) in [6, 6.07) is 7.53. The Balaban J connectivity index is 1.44. The van der Waals surface area contributed by atoms with E-state index in [0.29, 0.717) is 35.9 Å². The minimum absolute atomic E-state index is 0.0563. The second-order valence-electron chi connectivity index (χ2n) is 9.01. The van der Waals surface area contributed by atoms with Crippen molar-refractivity contribution in [2.24, 2.45) is 0 Å². The Morgan fingerprint density at radius 1 is 1.11 bits per heavy atom. The van der Waals surface area contributed by atoms with Gasteiger partial charge in [0.15, 0.2) is 0 Å². The van der Waals surface area contributed by atoms with Crippen molar-refractivity contribution in [2.75, 3.05) is 19.8 Å². The van der Waals surface area contributed by atoms with Crippen molar-refractivity contribution in [1.82, 2.24) is 19.4 Å². The van der Waals surface area contributed by atoms with Gasteiger partial charge in [-0.15, -0.1) is 0 Å². The Labute approximate surface area is 209 Å². The Kier molecular flexibility index (Phi) is 6.27. The highest BCUT2D eigenvalue weighted by atomic mass is 19.3. The quantitative estimate of drug-likeness (QED) is 0.419. The molecule has 0 radical (unpaired) electrons. The Hall–Kier alpha value is -3.54. The molecule has 6 rings (SSSR count). The van der Waals surface area contributed by atoms with E-state index in [-0.39, 0.29) is 35.2 Å². The molecule has 5 heterocycles. The number of aliphatic hydroxyl groups excluding tert-OH is 1. The highest BCUT2D eigenvalue weighted by Crippen LogP contribution is 2.41. The molecule has 0 amide bonds. The summed E-state index contributed by atoms with van der Waals surface area (Å²) in [5, 5.41) is 10.6. The molecule has 2 atom stereocenters. The molecule has 0 bridgehead atoms. The summed E-state index contributed by atoms with van der Waals surface area (Å²) in [6.45, 7) is -1.82. The average molecular weight is 512 g/mol. The fourth-order valence-electron chi connectivity index (χ4n) is 4.95. The van der Waals surface area contributed by atoms with Crippen LogP contribution in [0.5, 0.6) is 5.75 Å². The van der Waals surface area contributed by atoms with Crippen molar-refractivity contribution < 1.29 is 32.5 Å². The van der Waals surface area contributed by atoms with Crippen molar-refractivity contribution in [3.8, 4) is 16.9 Å². The number of hydrogen-bond donors (Lipinski definition) is 1. The highest BCUT2D eigenvalue weighted by Gasteiger charge is 2.35. The van der Waals surface area contributed by atoms with E-state index in [1.165, 1.54) is 18.3 Å². The number of nitrogens with zero attached hydrogens (tertiary/aromatic N) is 4. The molecule has 2 unspecified atom stereocenters. The standard InChI is InChI=1S/C26H23F3N4O4/c27-18-9-21-32-22-19(34)13-36-24(16-3-1-2-4-20(16)37-26(28)29)23(22)33(21)12-17(18)15-10-30-25(31-11-15)14-5-7-35-8-6-14/h1-4,9-12,14,19,24,26,34H,5-8,13H2. The van der Waals surface area contributed by atoms with Crippen LogP contribution in [-0.2, 0) is 9.47 Å². The van der Waals surface area contributed by atoms with Gasteiger partial charge in [-0.25, -0.2) is 19.3 Å². The molecule has 0 saturated carbocycles. The smallest absolute Gasteiger partial charge is 0.387 e. The Morgan fingerprint density at radius 3 is 2.62 bits per heavy atom. The molecule has 0 aliphatic carbocycles. The maximum Gasteiger partial charge on any atom is 0.387 e. The van der Waals surface area contributed by atoms with Crippen LogP contribution in [0.15, 0.2) is 48.9 Å². The average Bonchev–Trinajstić information content (AvgIpc) is 3.28. The molecule has 4 aromatic rings. The number of pyridine rings is 1. The molecule has 11 heteroatoms. The number of aromatic nitrogens is 4. The zero-order chi connectivity index (χ0) is 25.5. The Morgan fingerprint density at radius 2 is 1.86 bits per heavy atom. The molecule has 1 fully saturated rings. The number of fused-ring (bicyclic) bond motifs is 3. The molecule has 8 nitrogen and oxygen atoms in total. The second-order valence-corrected chi connectivity index (χ2v) is 9.01. The summed E-state index contributed by atoms with van der Waals surface area (Å²) >= 11 is 0. The van der Waals surface area contributed by atoms with Gasteiger partial charge in [0.25, 0.3) is 0 Å². The minimum Gasteiger partial charge on any atom is -0.434 e. The number of imidazole rings is 1. The molecule has 192 valence electrons. The van der Waals surface area contributed by atoms with E-state index in [1.54, 1.807) is 35.0 Å². The number of aliphatic hydroxyl groups is 1. The lowest BCUT2D eigenvalue weighted by atomic mass is 9.99. The first-order valence-electron chi connectivity index (χ1n) is 11.9. The van der Waals surface area contributed by atoms with Gasteiger partial charge in [-0.1, -0.05) is 18.2 Å². The van der Waals surface area contributed by atoms with Gasteiger partial charge in [0.2, 0.25) is 0 Å². The van der Waals surface area contributed by atoms with Crippen LogP contribution >= 0.6 is 0 Å². The van der Waals surface area contributed by atoms with Crippen molar-refractivity contribution in [1.29, 1.82) is 0 Å². The SMILES string of the molecule is OC1COC(c2ccccc2OC(F)F)c2c1nc1cc(F)c(-c3cnc(C4CCOCC4)nc3)cn21. The molecule has 1 saturated heterocycles. The van der Waals surface area contributed by atoms with E-state index in [4.69, 9.17) is 14.2 Å². The summed E-state index contributed by atoms with van der Waals surface area (Å²) in [6.07, 6.45) is 4.42.